The summed E-state index contributed by atoms with van der Waals surface area (Å²) in [5, 5.41) is 3.06. The Bertz CT molecular complexity index is 1030. The number of halogens is 1. The van der Waals surface area contributed by atoms with Crippen LogP contribution in [0.5, 0.6) is 23.0 Å². The van der Waals surface area contributed by atoms with E-state index in [1.54, 1.807) is 31.4 Å². The average molecular weight is 439 g/mol. The molecule has 0 saturated heterocycles. The van der Waals surface area contributed by atoms with Gasteiger partial charge in [0, 0.05) is 5.56 Å². The van der Waals surface area contributed by atoms with Crippen LogP contribution in [0.3, 0.4) is 0 Å². The summed E-state index contributed by atoms with van der Waals surface area (Å²) < 4.78 is 34.6. The van der Waals surface area contributed by atoms with Crippen LogP contribution >= 0.6 is 0 Å². The van der Waals surface area contributed by atoms with E-state index in [1.165, 1.54) is 33.5 Å². The quantitative estimate of drug-likeness (QED) is 0.529. The summed E-state index contributed by atoms with van der Waals surface area (Å²) in [5.74, 6) is 1.27. The van der Waals surface area contributed by atoms with Crippen molar-refractivity contribution in [1.82, 2.24) is 5.32 Å². The van der Waals surface area contributed by atoms with E-state index in [4.69, 9.17) is 18.9 Å². The zero-order valence-electron chi connectivity index (χ0n) is 18.5. The molecule has 1 amide bonds. The Balaban J connectivity index is 1.92. The van der Waals surface area contributed by atoms with E-state index in [0.717, 1.165) is 11.1 Å². The van der Waals surface area contributed by atoms with Crippen molar-refractivity contribution in [1.29, 1.82) is 0 Å². The van der Waals surface area contributed by atoms with Crippen molar-refractivity contribution in [2.75, 3.05) is 28.4 Å². The minimum Gasteiger partial charge on any atom is -0.497 e. The molecule has 3 aromatic carbocycles. The molecule has 0 bridgehead atoms. The van der Waals surface area contributed by atoms with Crippen molar-refractivity contribution in [3.05, 3.63) is 83.2 Å². The molecule has 3 rings (SSSR count). The summed E-state index contributed by atoms with van der Waals surface area (Å²) in [6.45, 7) is 0. The Morgan fingerprint density at radius 2 is 1.44 bits per heavy atom. The van der Waals surface area contributed by atoms with Crippen LogP contribution in [0.2, 0.25) is 0 Å². The number of hydrogen-bond donors (Lipinski definition) is 1. The third-order valence-electron chi connectivity index (χ3n) is 5.10. The number of rotatable bonds is 9. The van der Waals surface area contributed by atoms with Gasteiger partial charge in [-0.1, -0.05) is 24.3 Å². The molecule has 0 aliphatic heterocycles. The molecule has 1 N–H and O–H groups in total. The second-order valence-corrected chi connectivity index (χ2v) is 7.04. The van der Waals surface area contributed by atoms with Crippen molar-refractivity contribution >= 4 is 5.91 Å². The summed E-state index contributed by atoms with van der Waals surface area (Å²) in [7, 11) is 6.08. The minimum atomic E-state index is -0.363. The summed E-state index contributed by atoms with van der Waals surface area (Å²) in [5.41, 5.74) is 2.13. The van der Waals surface area contributed by atoms with Crippen molar-refractivity contribution in [2.24, 2.45) is 0 Å². The third kappa shape index (κ3) is 5.29. The Morgan fingerprint density at radius 3 is 1.94 bits per heavy atom. The second kappa shape index (κ2) is 10.5. The van der Waals surface area contributed by atoms with Crippen LogP contribution in [0.15, 0.2) is 60.7 Å². The van der Waals surface area contributed by atoms with Crippen molar-refractivity contribution < 1.29 is 28.1 Å². The molecule has 0 spiro atoms. The van der Waals surface area contributed by atoms with Crippen LogP contribution in [-0.4, -0.2) is 34.3 Å². The maximum absolute atomic E-state index is 13.3. The molecule has 32 heavy (non-hydrogen) atoms. The van der Waals surface area contributed by atoms with E-state index >= 15 is 0 Å². The monoisotopic (exact) mass is 439 g/mol. The number of benzene rings is 3. The lowest BCUT2D eigenvalue weighted by Gasteiger charge is -2.21. The predicted molar refractivity (Wildman–Crippen MR) is 119 cm³/mol. The second-order valence-electron chi connectivity index (χ2n) is 7.04. The predicted octanol–water partition coefficient (Wildman–Crippen LogP) is 4.57. The van der Waals surface area contributed by atoms with Gasteiger partial charge in [-0.3, -0.25) is 4.79 Å². The molecule has 168 valence electrons. The number of carbonyl (C=O) groups is 1. The van der Waals surface area contributed by atoms with Gasteiger partial charge in [-0.05, 0) is 53.9 Å². The highest BCUT2D eigenvalue weighted by atomic mass is 19.1. The average Bonchev–Trinajstić information content (AvgIpc) is 2.83. The molecule has 0 fully saturated rings. The summed E-state index contributed by atoms with van der Waals surface area (Å²) >= 11 is 0. The van der Waals surface area contributed by atoms with Crippen LogP contribution in [0, 0.1) is 5.82 Å². The number of hydrogen-bond acceptors (Lipinski definition) is 5. The zero-order chi connectivity index (χ0) is 23.1. The van der Waals surface area contributed by atoms with E-state index in [-0.39, 0.29) is 17.8 Å². The van der Waals surface area contributed by atoms with Gasteiger partial charge < -0.3 is 24.3 Å². The SMILES string of the molecule is COc1ccc(C(Cc2ccc(F)cc2)NC(=O)c2cc(OC)c(OC)c(OC)c2)cc1. The number of amides is 1. The summed E-state index contributed by atoms with van der Waals surface area (Å²) in [6.07, 6.45) is 0.475. The molecule has 6 nitrogen and oxygen atoms in total. The molecule has 0 saturated carbocycles. The molecule has 0 heterocycles. The highest BCUT2D eigenvalue weighted by Crippen LogP contribution is 2.38. The molecule has 3 aromatic rings. The molecule has 1 atom stereocenters. The Hall–Kier alpha value is -3.74. The number of nitrogens with one attached hydrogen (secondary N) is 1. The summed E-state index contributed by atoms with van der Waals surface area (Å²) in [6, 6.07) is 16.5. The van der Waals surface area contributed by atoms with Gasteiger partial charge in [-0.25, -0.2) is 4.39 Å². The summed E-state index contributed by atoms with van der Waals surface area (Å²) in [4.78, 5) is 13.2. The van der Waals surface area contributed by atoms with E-state index in [0.29, 0.717) is 35.0 Å². The number of methoxy groups -OCH3 is 4. The topological polar surface area (TPSA) is 66.0 Å². The van der Waals surface area contributed by atoms with Crippen molar-refractivity contribution in [3.8, 4) is 23.0 Å². The minimum absolute atomic E-state index is 0.309. The first kappa shape index (κ1) is 22.9. The first-order valence-corrected chi connectivity index (χ1v) is 9.98. The van der Waals surface area contributed by atoms with Crippen LogP contribution in [0.1, 0.15) is 27.5 Å². The van der Waals surface area contributed by atoms with E-state index in [9.17, 15) is 9.18 Å². The van der Waals surface area contributed by atoms with Gasteiger partial charge in [0.05, 0.1) is 34.5 Å². The fourth-order valence-corrected chi connectivity index (χ4v) is 3.40. The first-order valence-electron chi connectivity index (χ1n) is 9.98. The molecule has 7 heteroatoms. The lowest BCUT2D eigenvalue weighted by atomic mass is 9.98. The lowest BCUT2D eigenvalue weighted by Crippen LogP contribution is -2.30. The Morgan fingerprint density at radius 1 is 0.844 bits per heavy atom. The fourth-order valence-electron chi connectivity index (χ4n) is 3.40. The lowest BCUT2D eigenvalue weighted by molar-refractivity contribution is 0.0935. The van der Waals surface area contributed by atoms with Gasteiger partial charge >= 0.3 is 0 Å². The normalized spacial score (nSPS) is 11.4. The van der Waals surface area contributed by atoms with Gasteiger partial charge in [-0.15, -0.1) is 0 Å². The largest absolute Gasteiger partial charge is 0.497 e. The standard InChI is InChI=1S/C25H26FNO5/c1-29-20-11-7-17(8-12-20)21(13-16-5-9-19(26)10-6-16)27-25(28)18-14-22(30-2)24(32-4)23(15-18)31-3/h5-12,14-15,21H,13H2,1-4H3,(H,27,28). The first-order chi connectivity index (χ1) is 15.5. The fraction of sp³-hybridized carbons (Fsp3) is 0.240. The van der Waals surface area contributed by atoms with Crippen LogP contribution in [0.4, 0.5) is 4.39 Å². The number of ether oxygens (including phenoxy) is 4. The molecule has 0 aliphatic carbocycles. The van der Waals surface area contributed by atoms with Crippen molar-refractivity contribution in [3.63, 3.8) is 0 Å². The molecule has 0 aromatic heterocycles. The number of carbonyl (C=O) groups excluding carboxylic acids is 1. The Kier molecular flexibility index (Phi) is 7.54. The maximum Gasteiger partial charge on any atom is 0.252 e. The third-order valence-corrected chi connectivity index (χ3v) is 5.10. The van der Waals surface area contributed by atoms with Gasteiger partial charge in [0.15, 0.2) is 11.5 Å². The maximum atomic E-state index is 13.3. The van der Waals surface area contributed by atoms with Gasteiger partial charge in [0.25, 0.3) is 5.91 Å². The van der Waals surface area contributed by atoms with Gasteiger partial charge in [0.2, 0.25) is 5.75 Å². The van der Waals surface area contributed by atoms with E-state index in [2.05, 4.69) is 5.32 Å². The highest BCUT2D eigenvalue weighted by Gasteiger charge is 2.21. The molecule has 1 unspecified atom stereocenters. The molecule has 0 aliphatic rings. The molecule has 0 radical (unpaired) electrons. The van der Waals surface area contributed by atoms with Crippen LogP contribution in [0.25, 0.3) is 0 Å². The smallest absolute Gasteiger partial charge is 0.252 e. The highest BCUT2D eigenvalue weighted by molar-refractivity contribution is 5.96. The van der Waals surface area contributed by atoms with Crippen LogP contribution in [-0.2, 0) is 6.42 Å². The zero-order valence-corrected chi connectivity index (χ0v) is 18.5. The van der Waals surface area contributed by atoms with Gasteiger partial charge in [0.1, 0.15) is 11.6 Å². The van der Waals surface area contributed by atoms with Gasteiger partial charge in [-0.2, -0.15) is 0 Å². The van der Waals surface area contributed by atoms with Crippen LogP contribution < -0.4 is 24.3 Å². The Labute approximate surface area is 186 Å². The molecular weight excluding hydrogens is 413 g/mol. The van der Waals surface area contributed by atoms with E-state index in [1.807, 2.05) is 24.3 Å². The van der Waals surface area contributed by atoms with E-state index < -0.39 is 0 Å². The molecular formula is C25H26FNO5. The van der Waals surface area contributed by atoms with Crippen molar-refractivity contribution in [2.45, 2.75) is 12.5 Å².